The molecule has 1 aliphatic carbocycles. The number of urea groups is 1. The molecule has 0 radical (unpaired) electrons. The van der Waals surface area contributed by atoms with Crippen LogP contribution in [0.15, 0.2) is 18.2 Å². The predicted molar refractivity (Wildman–Crippen MR) is 106 cm³/mol. The number of nitrogens with zero attached hydrogens (tertiary/aromatic N) is 1. The van der Waals surface area contributed by atoms with Crippen LogP contribution in [0.3, 0.4) is 0 Å². The molecule has 2 N–H and O–H groups in total. The van der Waals surface area contributed by atoms with Gasteiger partial charge >= 0.3 is 6.03 Å². The number of rotatable bonds is 3. The van der Waals surface area contributed by atoms with E-state index in [-0.39, 0.29) is 29.3 Å². The van der Waals surface area contributed by atoms with Crippen LogP contribution in [-0.4, -0.2) is 42.5 Å². The number of fused-ring (bicyclic) bond motifs is 4. The van der Waals surface area contributed by atoms with E-state index in [1.807, 2.05) is 4.90 Å². The average molecular weight is 370 g/mol. The maximum Gasteiger partial charge on any atom is 0.317 e. The van der Waals surface area contributed by atoms with Gasteiger partial charge in [-0.3, -0.25) is 4.79 Å². The molecule has 1 aromatic carbocycles. The van der Waals surface area contributed by atoms with Crippen LogP contribution in [0.25, 0.3) is 0 Å². The molecule has 2 atom stereocenters. The SMILES string of the molecule is Cc1cc(C)cc(C2(CNC(=O)N3C[C@@H]4CC[C@H](C3)C(=O)N4)CCCC2)c1. The van der Waals surface area contributed by atoms with Crippen LogP contribution in [0.1, 0.15) is 55.2 Å². The molecule has 3 amide bonds. The van der Waals surface area contributed by atoms with Crippen molar-refractivity contribution in [2.24, 2.45) is 5.92 Å². The lowest BCUT2D eigenvalue weighted by Crippen LogP contribution is -2.48. The third-order valence-corrected chi connectivity index (χ3v) is 6.72. The Labute approximate surface area is 161 Å². The maximum absolute atomic E-state index is 12.9. The van der Waals surface area contributed by atoms with Gasteiger partial charge in [0, 0.05) is 31.1 Å². The third kappa shape index (κ3) is 3.69. The molecule has 146 valence electrons. The van der Waals surface area contributed by atoms with E-state index in [2.05, 4.69) is 42.7 Å². The highest BCUT2D eigenvalue weighted by molar-refractivity contribution is 5.82. The van der Waals surface area contributed by atoms with E-state index in [1.54, 1.807) is 0 Å². The number of aryl methyl sites for hydroxylation is 2. The molecule has 1 saturated carbocycles. The fraction of sp³-hybridized carbons (Fsp3) is 0.636. The van der Waals surface area contributed by atoms with Crippen molar-refractivity contribution in [1.82, 2.24) is 15.5 Å². The molecular weight excluding hydrogens is 338 g/mol. The minimum absolute atomic E-state index is 0.0148. The van der Waals surface area contributed by atoms with E-state index in [0.717, 1.165) is 25.7 Å². The van der Waals surface area contributed by atoms with Crippen molar-refractivity contribution in [1.29, 1.82) is 0 Å². The first-order chi connectivity index (χ1) is 12.9. The maximum atomic E-state index is 12.9. The predicted octanol–water partition coefficient (Wildman–Crippen LogP) is 3.04. The molecule has 1 aromatic rings. The highest BCUT2D eigenvalue weighted by Gasteiger charge is 2.39. The number of hydrogen-bond acceptors (Lipinski definition) is 2. The number of carbonyl (C=O) groups is 2. The topological polar surface area (TPSA) is 61.4 Å². The van der Waals surface area contributed by atoms with Gasteiger partial charge in [0.05, 0.1) is 5.92 Å². The Bertz CT molecular complexity index is 719. The highest BCUT2D eigenvalue weighted by atomic mass is 16.2. The second kappa shape index (κ2) is 7.17. The number of carbonyl (C=O) groups excluding carboxylic acids is 2. The lowest BCUT2D eigenvalue weighted by Gasteiger charge is -2.32. The smallest absolute Gasteiger partial charge is 0.317 e. The van der Waals surface area contributed by atoms with E-state index in [4.69, 9.17) is 0 Å². The average Bonchev–Trinajstić information content (AvgIpc) is 2.94. The molecule has 4 fully saturated rings. The van der Waals surface area contributed by atoms with E-state index < -0.39 is 0 Å². The molecule has 5 heteroatoms. The first-order valence-electron chi connectivity index (χ1n) is 10.4. The van der Waals surface area contributed by atoms with Gasteiger partial charge in [-0.25, -0.2) is 4.79 Å². The van der Waals surface area contributed by atoms with Crippen molar-refractivity contribution in [3.05, 3.63) is 34.9 Å². The summed E-state index contributed by atoms with van der Waals surface area (Å²) in [5.74, 6) is 0.0680. The van der Waals surface area contributed by atoms with E-state index in [9.17, 15) is 9.59 Å². The van der Waals surface area contributed by atoms with Gasteiger partial charge in [0.15, 0.2) is 0 Å². The highest BCUT2D eigenvalue weighted by Crippen LogP contribution is 2.41. The van der Waals surface area contributed by atoms with Gasteiger partial charge in [0.1, 0.15) is 0 Å². The van der Waals surface area contributed by atoms with Crippen LogP contribution in [0, 0.1) is 19.8 Å². The zero-order valence-corrected chi connectivity index (χ0v) is 16.5. The number of nitrogens with one attached hydrogen (secondary N) is 2. The zero-order chi connectivity index (χ0) is 19.0. The van der Waals surface area contributed by atoms with Crippen molar-refractivity contribution < 1.29 is 9.59 Å². The second-order valence-electron chi connectivity index (χ2n) is 8.91. The van der Waals surface area contributed by atoms with Crippen LogP contribution in [0.5, 0.6) is 0 Å². The van der Waals surface area contributed by atoms with Gasteiger partial charge < -0.3 is 15.5 Å². The summed E-state index contributed by atoms with van der Waals surface area (Å²) in [6.45, 7) is 6.15. The molecule has 3 aliphatic heterocycles. The second-order valence-corrected chi connectivity index (χ2v) is 8.91. The normalized spacial score (nSPS) is 26.6. The Balaban J connectivity index is 1.47. The summed E-state index contributed by atoms with van der Waals surface area (Å²) in [5.41, 5.74) is 3.99. The van der Waals surface area contributed by atoms with Crippen LogP contribution in [0.2, 0.25) is 0 Å². The third-order valence-electron chi connectivity index (χ3n) is 6.72. The number of hydrogen-bond donors (Lipinski definition) is 2. The summed E-state index contributed by atoms with van der Waals surface area (Å²) < 4.78 is 0. The summed E-state index contributed by atoms with van der Waals surface area (Å²) in [6.07, 6.45) is 6.56. The fourth-order valence-electron chi connectivity index (χ4n) is 5.26. The molecule has 2 bridgehead atoms. The van der Waals surface area contributed by atoms with Crippen molar-refractivity contribution in [2.45, 2.75) is 63.8 Å². The van der Waals surface area contributed by atoms with Gasteiger partial charge in [-0.15, -0.1) is 0 Å². The van der Waals surface area contributed by atoms with Gasteiger partial charge in [0.25, 0.3) is 0 Å². The standard InChI is InChI=1S/C22H31N3O2/c1-15-9-16(2)11-18(10-15)22(7-3-4-8-22)14-23-21(27)25-12-17-5-6-19(13-25)24-20(17)26/h9-11,17,19H,3-8,12-14H2,1-2H3,(H,23,27)(H,24,26)/t17-,19+/m1/s1. The Kier molecular flexibility index (Phi) is 4.87. The fourth-order valence-corrected chi connectivity index (χ4v) is 5.26. The minimum Gasteiger partial charge on any atom is -0.351 e. The van der Waals surface area contributed by atoms with Crippen LogP contribution in [-0.2, 0) is 10.2 Å². The van der Waals surface area contributed by atoms with Crippen molar-refractivity contribution in [2.75, 3.05) is 19.6 Å². The largest absolute Gasteiger partial charge is 0.351 e. The molecule has 3 saturated heterocycles. The Hall–Kier alpha value is -2.04. The monoisotopic (exact) mass is 369 g/mol. The van der Waals surface area contributed by atoms with E-state index in [1.165, 1.54) is 29.5 Å². The molecule has 5 nitrogen and oxygen atoms in total. The molecule has 4 aliphatic rings. The first-order valence-corrected chi connectivity index (χ1v) is 10.4. The minimum atomic E-state index is -0.0469. The molecule has 5 rings (SSSR count). The Morgan fingerprint density at radius 2 is 1.85 bits per heavy atom. The van der Waals surface area contributed by atoms with Crippen molar-refractivity contribution in [3.8, 4) is 0 Å². The van der Waals surface area contributed by atoms with E-state index in [0.29, 0.717) is 19.6 Å². The zero-order valence-electron chi connectivity index (χ0n) is 16.5. The molecule has 0 unspecified atom stereocenters. The molecule has 27 heavy (non-hydrogen) atoms. The molecule has 3 heterocycles. The lowest BCUT2D eigenvalue weighted by atomic mass is 9.77. The Morgan fingerprint density at radius 1 is 1.15 bits per heavy atom. The summed E-state index contributed by atoms with van der Waals surface area (Å²) in [4.78, 5) is 26.8. The summed E-state index contributed by atoms with van der Waals surface area (Å²) >= 11 is 0. The summed E-state index contributed by atoms with van der Waals surface area (Å²) in [6, 6.07) is 6.89. The molecular formula is C22H31N3O2. The van der Waals surface area contributed by atoms with Crippen LogP contribution < -0.4 is 10.6 Å². The lowest BCUT2D eigenvalue weighted by molar-refractivity contribution is -0.126. The quantitative estimate of drug-likeness (QED) is 0.860. The van der Waals surface area contributed by atoms with Gasteiger partial charge in [-0.1, -0.05) is 42.2 Å². The molecule has 0 spiro atoms. The Morgan fingerprint density at radius 3 is 2.52 bits per heavy atom. The number of amides is 3. The first kappa shape index (κ1) is 18.3. The van der Waals surface area contributed by atoms with Crippen molar-refractivity contribution >= 4 is 11.9 Å². The van der Waals surface area contributed by atoms with Crippen LogP contribution in [0.4, 0.5) is 4.79 Å². The van der Waals surface area contributed by atoms with Gasteiger partial charge in [-0.05, 0) is 45.1 Å². The summed E-state index contributed by atoms with van der Waals surface area (Å²) in [7, 11) is 0. The van der Waals surface area contributed by atoms with Gasteiger partial charge in [0.2, 0.25) is 5.91 Å². The summed E-state index contributed by atoms with van der Waals surface area (Å²) in [5, 5.41) is 6.28. The number of benzene rings is 1. The van der Waals surface area contributed by atoms with Crippen LogP contribution >= 0.6 is 0 Å². The van der Waals surface area contributed by atoms with E-state index >= 15 is 0 Å². The van der Waals surface area contributed by atoms with Crippen molar-refractivity contribution in [3.63, 3.8) is 0 Å². The van der Waals surface area contributed by atoms with Gasteiger partial charge in [-0.2, -0.15) is 0 Å². The molecule has 0 aromatic heterocycles. The number of piperidine rings is 1.